The van der Waals surface area contributed by atoms with Gasteiger partial charge in [0.1, 0.15) is 18.1 Å². The van der Waals surface area contributed by atoms with E-state index in [-0.39, 0.29) is 0 Å². The van der Waals surface area contributed by atoms with E-state index in [1.54, 1.807) is 7.11 Å². The van der Waals surface area contributed by atoms with Gasteiger partial charge < -0.3 is 24.4 Å². The molecule has 0 amide bonds. The summed E-state index contributed by atoms with van der Waals surface area (Å²) in [7, 11) is 1.65. The van der Waals surface area contributed by atoms with E-state index in [4.69, 9.17) is 24.4 Å². The van der Waals surface area contributed by atoms with E-state index in [9.17, 15) is 0 Å². The van der Waals surface area contributed by atoms with E-state index >= 15 is 0 Å². The molecule has 0 aromatic carbocycles. The minimum Gasteiger partial charge on any atom is -0.464 e. The van der Waals surface area contributed by atoms with Crippen LogP contribution in [0.3, 0.4) is 0 Å². The number of nitrogens with two attached hydrogens (primary N) is 1. The summed E-state index contributed by atoms with van der Waals surface area (Å²) in [5.41, 5.74) is 6.58. The monoisotopic (exact) mass is 243 g/mol. The van der Waals surface area contributed by atoms with E-state index < -0.39 is 0 Å². The molecule has 0 aliphatic carbocycles. The highest BCUT2D eigenvalue weighted by Crippen LogP contribution is 2.14. The maximum atomic E-state index is 5.55. The average molecular weight is 243 g/mol. The summed E-state index contributed by atoms with van der Waals surface area (Å²) in [4.78, 5) is 0. The molecule has 0 saturated carbocycles. The molecule has 17 heavy (non-hydrogen) atoms. The number of methoxy groups -OCH3 is 1. The highest BCUT2D eigenvalue weighted by Gasteiger charge is 2.05. The fraction of sp³-hybridized carbons (Fsp3) is 0.667. The average Bonchev–Trinajstić information content (AvgIpc) is 2.68. The van der Waals surface area contributed by atoms with Gasteiger partial charge in [0.2, 0.25) is 0 Å². The highest BCUT2D eigenvalue weighted by atomic mass is 16.5. The third-order valence-corrected chi connectivity index (χ3v) is 2.34. The number of furan rings is 1. The lowest BCUT2D eigenvalue weighted by Crippen LogP contribution is -2.08. The van der Waals surface area contributed by atoms with Gasteiger partial charge in [-0.1, -0.05) is 0 Å². The largest absolute Gasteiger partial charge is 0.464 e. The molecule has 0 bridgehead atoms. The molecule has 98 valence electrons. The molecule has 2 N–H and O–H groups in total. The van der Waals surface area contributed by atoms with Crippen LogP contribution >= 0.6 is 0 Å². The molecule has 0 aliphatic heterocycles. The fourth-order valence-electron chi connectivity index (χ4n) is 1.40. The van der Waals surface area contributed by atoms with Crippen molar-refractivity contribution < 1.29 is 18.6 Å². The second-order valence-electron chi connectivity index (χ2n) is 3.66. The predicted octanol–water partition coefficient (Wildman–Crippen LogP) is 1.23. The maximum absolute atomic E-state index is 5.55. The van der Waals surface area contributed by atoms with Crippen LogP contribution in [0.1, 0.15) is 17.1 Å². The fourth-order valence-corrected chi connectivity index (χ4v) is 1.40. The Morgan fingerprint density at radius 3 is 2.53 bits per heavy atom. The van der Waals surface area contributed by atoms with Crippen molar-refractivity contribution in [3.05, 3.63) is 23.2 Å². The van der Waals surface area contributed by atoms with Crippen LogP contribution in [0.25, 0.3) is 0 Å². The molecule has 0 saturated heterocycles. The minimum atomic E-state index is 0.453. The highest BCUT2D eigenvalue weighted by molar-refractivity contribution is 5.19. The topological polar surface area (TPSA) is 66.8 Å². The van der Waals surface area contributed by atoms with E-state index in [0.29, 0.717) is 39.6 Å². The number of rotatable bonds is 9. The SMILES string of the molecule is COCCOCCOCc1cc(CN)c(C)o1. The molecule has 0 spiro atoms. The molecule has 5 heteroatoms. The number of ether oxygens (including phenoxy) is 3. The first kappa shape index (κ1) is 14.2. The summed E-state index contributed by atoms with van der Waals surface area (Å²) in [5, 5.41) is 0. The first-order valence-electron chi connectivity index (χ1n) is 5.70. The zero-order chi connectivity index (χ0) is 12.5. The van der Waals surface area contributed by atoms with Crippen LogP contribution in [0.5, 0.6) is 0 Å². The Morgan fingerprint density at radius 1 is 1.18 bits per heavy atom. The molecule has 1 aromatic rings. The Bertz CT molecular complexity index is 311. The normalized spacial score (nSPS) is 11.0. The van der Waals surface area contributed by atoms with E-state index in [2.05, 4.69) is 0 Å². The van der Waals surface area contributed by atoms with Crippen molar-refractivity contribution >= 4 is 0 Å². The summed E-state index contributed by atoms with van der Waals surface area (Å²) < 4.78 is 21.0. The van der Waals surface area contributed by atoms with Gasteiger partial charge >= 0.3 is 0 Å². The van der Waals surface area contributed by atoms with Gasteiger partial charge in [-0.25, -0.2) is 0 Å². The third-order valence-electron chi connectivity index (χ3n) is 2.34. The van der Waals surface area contributed by atoms with Crippen molar-refractivity contribution in [1.82, 2.24) is 0 Å². The van der Waals surface area contributed by atoms with Crippen LogP contribution in [0.15, 0.2) is 10.5 Å². The van der Waals surface area contributed by atoms with Crippen molar-refractivity contribution in [2.24, 2.45) is 5.73 Å². The lowest BCUT2D eigenvalue weighted by Gasteiger charge is -2.03. The molecule has 0 radical (unpaired) electrons. The standard InChI is InChI=1S/C12H21NO4/c1-10-11(8-13)7-12(17-10)9-16-6-5-15-4-3-14-2/h7H,3-6,8-9,13H2,1-2H3. The van der Waals surface area contributed by atoms with E-state index in [0.717, 1.165) is 17.1 Å². The lowest BCUT2D eigenvalue weighted by atomic mass is 10.2. The summed E-state index contributed by atoms with van der Waals surface area (Å²) in [5.74, 6) is 1.67. The Balaban J connectivity index is 2.09. The van der Waals surface area contributed by atoms with E-state index in [1.165, 1.54) is 0 Å². The first-order chi connectivity index (χ1) is 8.27. The second kappa shape index (κ2) is 8.25. The van der Waals surface area contributed by atoms with Crippen LogP contribution in [-0.4, -0.2) is 33.5 Å². The molecule has 1 aromatic heterocycles. The van der Waals surface area contributed by atoms with Crippen molar-refractivity contribution in [2.45, 2.75) is 20.1 Å². The molecule has 5 nitrogen and oxygen atoms in total. The van der Waals surface area contributed by atoms with Gasteiger partial charge in [0.05, 0.1) is 26.4 Å². The molecule has 0 fully saturated rings. The molecule has 1 heterocycles. The van der Waals surface area contributed by atoms with Gasteiger partial charge in [-0.05, 0) is 13.0 Å². The van der Waals surface area contributed by atoms with Gasteiger partial charge in [-0.3, -0.25) is 0 Å². The van der Waals surface area contributed by atoms with E-state index in [1.807, 2.05) is 13.0 Å². The van der Waals surface area contributed by atoms with Crippen LogP contribution < -0.4 is 5.73 Å². The van der Waals surface area contributed by atoms with Gasteiger partial charge in [0, 0.05) is 19.2 Å². The Morgan fingerprint density at radius 2 is 1.88 bits per heavy atom. The molecular weight excluding hydrogens is 222 g/mol. The molecule has 0 unspecified atom stereocenters. The van der Waals surface area contributed by atoms with Crippen molar-refractivity contribution in [3.63, 3.8) is 0 Å². The van der Waals surface area contributed by atoms with Crippen LogP contribution in [0.2, 0.25) is 0 Å². The Kier molecular flexibility index (Phi) is 6.88. The predicted molar refractivity (Wildman–Crippen MR) is 63.7 cm³/mol. The molecule has 0 aliphatic rings. The molecule has 1 rings (SSSR count). The summed E-state index contributed by atoms with van der Waals surface area (Å²) in [6.07, 6.45) is 0. The smallest absolute Gasteiger partial charge is 0.130 e. The second-order valence-corrected chi connectivity index (χ2v) is 3.66. The van der Waals surface area contributed by atoms with Gasteiger partial charge in [0.15, 0.2) is 0 Å². The van der Waals surface area contributed by atoms with Gasteiger partial charge in [-0.15, -0.1) is 0 Å². The zero-order valence-corrected chi connectivity index (χ0v) is 10.5. The van der Waals surface area contributed by atoms with Crippen molar-refractivity contribution in [2.75, 3.05) is 33.5 Å². The lowest BCUT2D eigenvalue weighted by molar-refractivity contribution is 0.0160. The maximum Gasteiger partial charge on any atom is 0.130 e. The first-order valence-corrected chi connectivity index (χ1v) is 5.70. The summed E-state index contributed by atoms with van der Waals surface area (Å²) in [6.45, 7) is 5.16. The van der Waals surface area contributed by atoms with Crippen LogP contribution in [0, 0.1) is 6.92 Å². The van der Waals surface area contributed by atoms with Crippen molar-refractivity contribution in [1.29, 1.82) is 0 Å². The van der Waals surface area contributed by atoms with Gasteiger partial charge in [-0.2, -0.15) is 0 Å². The van der Waals surface area contributed by atoms with Crippen LogP contribution in [0.4, 0.5) is 0 Å². The zero-order valence-electron chi connectivity index (χ0n) is 10.5. The number of hydrogen-bond donors (Lipinski definition) is 1. The summed E-state index contributed by atoms with van der Waals surface area (Å²) in [6, 6.07) is 1.93. The molecule has 0 atom stereocenters. The third kappa shape index (κ3) is 5.32. The minimum absolute atomic E-state index is 0.453. The van der Waals surface area contributed by atoms with Gasteiger partial charge in [0.25, 0.3) is 0 Å². The summed E-state index contributed by atoms with van der Waals surface area (Å²) >= 11 is 0. The van der Waals surface area contributed by atoms with Crippen molar-refractivity contribution in [3.8, 4) is 0 Å². The Hall–Kier alpha value is -0.880. The quantitative estimate of drug-likeness (QED) is 0.661. The number of hydrogen-bond acceptors (Lipinski definition) is 5. The number of aryl methyl sites for hydroxylation is 1. The van der Waals surface area contributed by atoms with Crippen LogP contribution in [-0.2, 0) is 27.4 Å². The molecular formula is C12H21NO4. The Labute approximate surface area is 102 Å².